The van der Waals surface area contributed by atoms with E-state index in [1.54, 1.807) is 7.11 Å². The van der Waals surface area contributed by atoms with Crippen molar-refractivity contribution in [1.29, 1.82) is 0 Å². The number of benzene rings is 1. The van der Waals surface area contributed by atoms with Crippen molar-refractivity contribution in [3.8, 4) is 5.75 Å². The van der Waals surface area contributed by atoms with Crippen LogP contribution in [0.4, 0.5) is 11.1 Å². The van der Waals surface area contributed by atoms with Gasteiger partial charge in [0, 0.05) is 23.3 Å². The molecular formula is C20H23N5O2S. The summed E-state index contributed by atoms with van der Waals surface area (Å²) in [5.74, 6) is 1.28. The number of hydrogen-bond donors (Lipinski definition) is 2. The minimum absolute atomic E-state index is 0.0533. The highest BCUT2D eigenvalue weighted by atomic mass is 32.1. The van der Waals surface area contributed by atoms with Crippen molar-refractivity contribution in [2.45, 2.75) is 26.7 Å². The monoisotopic (exact) mass is 397 g/mol. The molecule has 2 heterocycles. The van der Waals surface area contributed by atoms with Crippen molar-refractivity contribution in [3.63, 3.8) is 0 Å². The Balaban J connectivity index is 1.48. The largest absolute Gasteiger partial charge is 0.497 e. The van der Waals surface area contributed by atoms with Crippen molar-refractivity contribution < 1.29 is 9.53 Å². The molecule has 1 amide bonds. The number of aryl methyl sites for hydroxylation is 2. The number of carbonyl (C=O) groups excluding carboxylic acids is 1. The average Bonchev–Trinajstić information content (AvgIpc) is 3.07. The topological polar surface area (TPSA) is 89.0 Å². The summed E-state index contributed by atoms with van der Waals surface area (Å²) in [5, 5.41) is 8.57. The van der Waals surface area contributed by atoms with Crippen molar-refractivity contribution >= 4 is 28.3 Å². The van der Waals surface area contributed by atoms with E-state index < -0.39 is 0 Å². The third-order valence-electron chi connectivity index (χ3n) is 3.96. The molecule has 3 aromatic rings. The second kappa shape index (κ2) is 9.27. The molecule has 146 valence electrons. The molecule has 0 aliphatic rings. The third-order valence-corrected chi connectivity index (χ3v) is 4.77. The zero-order valence-corrected chi connectivity index (χ0v) is 17.0. The minimum atomic E-state index is -0.0533. The van der Waals surface area contributed by atoms with Gasteiger partial charge in [-0.25, -0.2) is 15.0 Å². The number of carbonyl (C=O) groups is 1. The molecule has 28 heavy (non-hydrogen) atoms. The van der Waals surface area contributed by atoms with Gasteiger partial charge in [0.25, 0.3) is 0 Å². The van der Waals surface area contributed by atoms with Gasteiger partial charge in [-0.1, -0.05) is 12.1 Å². The van der Waals surface area contributed by atoms with E-state index in [0.29, 0.717) is 17.6 Å². The number of hydrogen-bond acceptors (Lipinski definition) is 7. The smallest absolute Gasteiger partial charge is 0.229 e. The SMILES string of the molecule is COc1cccc(CCNC(=O)Cc2csc(Nc3nc(C)cc(C)n3)n2)c1. The van der Waals surface area contributed by atoms with Crippen LogP contribution in [0.15, 0.2) is 35.7 Å². The predicted octanol–water partition coefficient (Wildman–Crippen LogP) is 3.20. The first-order chi connectivity index (χ1) is 13.5. The van der Waals surface area contributed by atoms with Crippen molar-refractivity contribution in [1.82, 2.24) is 20.3 Å². The highest BCUT2D eigenvalue weighted by molar-refractivity contribution is 7.13. The maximum absolute atomic E-state index is 12.2. The number of thiazole rings is 1. The summed E-state index contributed by atoms with van der Waals surface area (Å²) in [6.45, 7) is 4.41. The molecule has 0 aliphatic heterocycles. The lowest BCUT2D eigenvalue weighted by molar-refractivity contribution is -0.120. The molecule has 2 aromatic heterocycles. The maximum Gasteiger partial charge on any atom is 0.229 e. The van der Waals surface area contributed by atoms with Crippen molar-refractivity contribution in [2.24, 2.45) is 0 Å². The number of nitrogens with zero attached hydrogens (tertiary/aromatic N) is 3. The van der Waals surface area contributed by atoms with Gasteiger partial charge in [0.2, 0.25) is 11.9 Å². The molecule has 0 radical (unpaired) electrons. The lowest BCUT2D eigenvalue weighted by Crippen LogP contribution is -2.27. The fourth-order valence-corrected chi connectivity index (χ4v) is 3.43. The number of aromatic nitrogens is 3. The van der Waals surface area contributed by atoms with E-state index in [9.17, 15) is 4.79 Å². The van der Waals surface area contributed by atoms with Gasteiger partial charge in [-0.05, 0) is 44.0 Å². The fourth-order valence-electron chi connectivity index (χ4n) is 2.72. The van der Waals surface area contributed by atoms with Crippen LogP contribution >= 0.6 is 11.3 Å². The van der Waals surface area contributed by atoms with Gasteiger partial charge in [0.15, 0.2) is 5.13 Å². The molecule has 3 rings (SSSR count). The fraction of sp³-hybridized carbons (Fsp3) is 0.300. The Labute approximate surface area is 168 Å². The molecule has 7 nitrogen and oxygen atoms in total. The Morgan fingerprint density at radius 1 is 1.14 bits per heavy atom. The van der Waals surface area contributed by atoms with Gasteiger partial charge in [-0.15, -0.1) is 11.3 Å². The summed E-state index contributed by atoms with van der Waals surface area (Å²) < 4.78 is 5.21. The highest BCUT2D eigenvalue weighted by Crippen LogP contribution is 2.19. The van der Waals surface area contributed by atoms with Gasteiger partial charge < -0.3 is 15.4 Å². The van der Waals surface area contributed by atoms with Crippen LogP contribution in [-0.2, 0) is 17.6 Å². The van der Waals surface area contributed by atoms with Crippen molar-refractivity contribution in [2.75, 3.05) is 19.0 Å². The van der Waals surface area contributed by atoms with Crippen LogP contribution in [0.1, 0.15) is 22.6 Å². The Hall–Kier alpha value is -3.00. The van der Waals surface area contributed by atoms with E-state index in [0.717, 1.165) is 34.8 Å². The number of ether oxygens (including phenoxy) is 1. The van der Waals surface area contributed by atoms with E-state index in [1.165, 1.54) is 11.3 Å². The number of rotatable bonds is 8. The predicted molar refractivity (Wildman–Crippen MR) is 110 cm³/mol. The Bertz CT molecular complexity index is 937. The molecule has 0 aliphatic carbocycles. The zero-order valence-electron chi connectivity index (χ0n) is 16.2. The van der Waals surface area contributed by atoms with Crippen molar-refractivity contribution in [3.05, 3.63) is 58.4 Å². The molecule has 0 saturated heterocycles. The Morgan fingerprint density at radius 3 is 2.68 bits per heavy atom. The maximum atomic E-state index is 12.2. The minimum Gasteiger partial charge on any atom is -0.497 e. The number of anilines is 2. The van der Waals surface area contributed by atoms with Crippen LogP contribution in [0.3, 0.4) is 0 Å². The summed E-state index contributed by atoms with van der Waals surface area (Å²) in [7, 11) is 1.64. The highest BCUT2D eigenvalue weighted by Gasteiger charge is 2.09. The lowest BCUT2D eigenvalue weighted by Gasteiger charge is -2.06. The lowest BCUT2D eigenvalue weighted by atomic mass is 10.1. The number of amides is 1. The molecule has 8 heteroatoms. The number of methoxy groups -OCH3 is 1. The quantitative estimate of drug-likeness (QED) is 0.607. The van der Waals surface area contributed by atoms with Gasteiger partial charge in [-0.2, -0.15) is 0 Å². The second-order valence-corrected chi connectivity index (χ2v) is 7.23. The van der Waals surface area contributed by atoms with E-state index in [2.05, 4.69) is 25.6 Å². The van der Waals surface area contributed by atoms with E-state index in [4.69, 9.17) is 4.74 Å². The molecule has 0 atom stereocenters. The molecule has 1 aromatic carbocycles. The van der Waals surface area contributed by atoms with Crippen LogP contribution in [0.5, 0.6) is 5.75 Å². The molecule has 2 N–H and O–H groups in total. The van der Waals surface area contributed by atoms with Gasteiger partial charge in [0.05, 0.1) is 19.2 Å². The van der Waals surface area contributed by atoms with Crippen LogP contribution in [0, 0.1) is 13.8 Å². The Morgan fingerprint density at radius 2 is 1.93 bits per heavy atom. The van der Waals surface area contributed by atoms with Gasteiger partial charge >= 0.3 is 0 Å². The standard InChI is InChI=1S/C20H23N5O2S/c1-13-9-14(2)23-19(22-13)25-20-24-16(12-28-20)11-18(26)21-8-7-15-5-4-6-17(10-15)27-3/h4-6,9-10,12H,7-8,11H2,1-3H3,(H,21,26)(H,22,23,24,25). The second-order valence-electron chi connectivity index (χ2n) is 6.37. The van der Waals surface area contributed by atoms with Crippen LogP contribution in [0.2, 0.25) is 0 Å². The first-order valence-corrected chi connectivity index (χ1v) is 9.83. The number of nitrogens with one attached hydrogen (secondary N) is 2. The van der Waals surface area contributed by atoms with Gasteiger partial charge in [-0.3, -0.25) is 4.79 Å². The zero-order chi connectivity index (χ0) is 19.9. The van der Waals surface area contributed by atoms with E-state index >= 15 is 0 Å². The first kappa shape index (κ1) is 19.8. The van der Waals surface area contributed by atoms with E-state index in [-0.39, 0.29) is 12.3 Å². The Kier molecular flexibility index (Phi) is 6.54. The summed E-state index contributed by atoms with van der Waals surface area (Å²) in [6.07, 6.45) is 0.987. The normalized spacial score (nSPS) is 10.5. The summed E-state index contributed by atoms with van der Waals surface area (Å²) >= 11 is 1.43. The summed E-state index contributed by atoms with van der Waals surface area (Å²) in [5.41, 5.74) is 3.62. The van der Waals surface area contributed by atoms with Crippen LogP contribution < -0.4 is 15.4 Å². The molecule has 0 spiro atoms. The summed E-state index contributed by atoms with van der Waals surface area (Å²) in [6, 6.07) is 9.74. The van der Waals surface area contributed by atoms with Crippen LogP contribution in [-0.4, -0.2) is 34.5 Å². The van der Waals surface area contributed by atoms with Gasteiger partial charge in [0.1, 0.15) is 5.75 Å². The molecular weight excluding hydrogens is 374 g/mol. The third kappa shape index (κ3) is 5.75. The van der Waals surface area contributed by atoms with E-state index in [1.807, 2.05) is 49.6 Å². The van der Waals surface area contributed by atoms with Crippen LogP contribution in [0.25, 0.3) is 0 Å². The first-order valence-electron chi connectivity index (χ1n) is 8.95. The average molecular weight is 398 g/mol. The molecule has 0 fully saturated rings. The molecule has 0 bridgehead atoms. The molecule has 0 unspecified atom stereocenters. The summed E-state index contributed by atoms with van der Waals surface area (Å²) in [4.78, 5) is 25.3. The molecule has 0 saturated carbocycles.